The molecule has 0 aromatic carbocycles. The third-order valence-electron chi connectivity index (χ3n) is 2.37. The van der Waals surface area contributed by atoms with Crippen molar-refractivity contribution in [3.8, 4) is 6.07 Å². The largest absolute Gasteiger partial charge is 0.242 e. The van der Waals surface area contributed by atoms with Crippen molar-refractivity contribution < 1.29 is 0 Å². The minimum atomic E-state index is -0.236. The summed E-state index contributed by atoms with van der Waals surface area (Å²) >= 11 is 0. The molecule has 3 heteroatoms. The molecule has 0 aromatic heterocycles. The van der Waals surface area contributed by atoms with Gasteiger partial charge in [-0.05, 0) is 19.3 Å². The summed E-state index contributed by atoms with van der Waals surface area (Å²) in [6.45, 7) is 4.57. The molecule has 0 unspecified atom stereocenters. The molecule has 0 fully saturated rings. The molecule has 0 bridgehead atoms. The molecule has 0 saturated heterocycles. The highest BCUT2D eigenvalue weighted by Crippen LogP contribution is 2.29. The Kier molecular flexibility index (Phi) is 4.99. The summed E-state index contributed by atoms with van der Waals surface area (Å²) in [5.74, 6) is 0. The van der Waals surface area contributed by atoms with E-state index < -0.39 is 0 Å². The molecule has 0 rings (SSSR count). The van der Waals surface area contributed by atoms with Gasteiger partial charge in [-0.15, -0.1) is 0 Å². The first kappa shape index (κ1) is 10.9. The highest BCUT2D eigenvalue weighted by Gasteiger charge is 2.24. The molecule has 0 amide bonds. The minimum absolute atomic E-state index is 0.236. The molecule has 0 spiro atoms. The first-order chi connectivity index (χ1) is 5.74. The lowest BCUT2D eigenvalue weighted by molar-refractivity contribution is 0.343. The van der Waals surface area contributed by atoms with E-state index in [4.69, 9.17) is 10.7 Å². The molecule has 12 heavy (non-hydrogen) atoms. The maximum absolute atomic E-state index is 8.92. The zero-order valence-electron chi connectivity index (χ0n) is 7.72. The third kappa shape index (κ3) is 2.86. The Balaban J connectivity index is 4.13. The van der Waals surface area contributed by atoms with Gasteiger partial charge in [0.25, 0.3) is 0 Å². The van der Waals surface area contributed by atoms with E-state index in [2.05, 4.69) is 11.1 Å². The monoisotopic (exact) mass is 165 g/mol. The summed E-state index contributed by atoms with van der Waals surface area (Å²) in [5.41, 5.74) is -0.236. The van der Waals surface area contributed by atoms with E-state index in [1.165, 1.54) is 0 Å². The number of aliphatic imine (C=N–C) groups is 1. The van der Waals surface area contributed by atoms with Gasteiger partial charge in [0.1, 0.15) is 0 Å². The van der Waals surface area contributed by atoms with Crippen LogP contribution >= 0.6 is 0 Å². The molecule has 0 radical (unpaired) electrons. The highest BCUT2D eigenvalue weighted by molar-refractivity contribution is 5.35. The van der Waals surface area contributed by atoms with Crippen LogP contribution in [-0.4, -0.2) is 12.6 Å². The van der Waals surface area contributed by atoms with Crippen LogP contribution in [0.2, 0.25) is 0 Å². The van der Waals surface area contributed by atoms with Crippen molar-refractivity contribution in [3.63, 3.8) is 0 Å². The number of nitrogens with one attached hydrogen (secondary N) is 1. The van der Waals surface area contributed by atoms with Gasteiger partial charge in [-0.1, -0.05) is 13.8 Å². The van der Waals surface area contributed by atoms with Crippen molar-refractivity contribution in [1.82, 2.24) is 0 Å². The van der Waals surface area contributed by atoms with E-state index in [0.29, 0.717) is 6.54 Å². The summed E-state index contributed by atoms with van der Waals surface area (Å²) in [6.07, 6.45) is 2.45. The van der Waals surface area contributed by atoms with E-state index >= 15 is 0 Å². The molecular weight excluding hydrogens is 150 g/mol. The van der Waals surface area contributed by atoms with Crippen LogP contribution in [0.3, 0.4) is 0 Å². The van der Waals surface area contributed by atoms with Crippen molar-refractivity contribution in [3.05, 3.63) is 0 Å². The summed E-state index contributed by atoms with van der Waals surface area (Å²) in [4.78, 5) is 3.67. The topological polar surface area (TPSA) is 60.0 Å². The fourth-order valence-electron chi connectivity index (χ4n) is 1.14. The number of rotatable bonds is 5. The van der Waals surface area contributed by atoms with Gasteiger partial charge in [0.05, 0.1) is 24.0 Å². The molecule has 0 heterocycles. The normalized spacial score (nSPS) is 10.1. The number of nitriles is 1. The van der Waals surface area contributed by atoms with Crippen molar-refractivity contribution in [2.24, 2.45) is 10.4 Å². The molecular formula is C9H15N3. The fourth-order valence-corrected chi connectivity index (χ4v) is 1.14. The Bertz CT molecular complexity index is 204. The van der Waals surface area contributed by atoms with Gasteiger partial charge in [-0.3, -0.25) is 0 Å². The maximum Gasteiger partial charge on any atom is 0.0861 e. The van der Waals surface area contributed by atoms with E-state index in [9.17, 15) is 0 Å². The van der Waals surface area contributed by atoms with Crippen LogP contribution < -0.4 is 0 Å². The number of hydrogen-bond acceptors (Lipinski definition) is 3. The predicted molar refractivity (Wildman–Crippen MR) is 48.3 cm³/mol. The first-order valence-corrected chi connectivity index (χ1v) is 4.24. The SMILES string of the molecule is CCC(C#N)(CC)CCN=C=N. The average molecular weight is 165 g/mol. The average Bonchev–Trinajstić information content (AvgIpc) is 2.14. The Labute approximate surface area is 73.6 Å². The van der Waals surface area contributed by atoms with Gasteiger partial charge < -0.3 is 0 Å². The number of hydrogen-bond donors (Lipinski definition) is 1. The maximum atomic E-state index is 8.92. The predicted octanol–water partition coefficient (Wildman–Crippen LogP) is 2.46. The van der Waals surface area contributed by atoms with Gasteiger partial charge >= 0.3 is 0 Å². The molecule has 3 nitrogen and oxygen atoms in total. The lowest BCUT2D eigenvalue weighted by Crippen LogP contribution is -2.17. The molecule has 0 aliphatic heterocycles. The molecule has 0 aliphatic rings. The van der Waals surface area contributed by atoms with Crippen LogP contribution in [0, 0.1) is 22.2 Å². The zero-order valence-corrected chi connectivity index (χ0v) is 7.72. The second-order valence-corrected chi connectivity index (χ2v) is 2.84. The Morgan fingerprint density at radius 1 is 1.42 bits per heavy atom. The lowest BCUT2D eigenvalue weighted by Gasteiger charge is -2.21. The second kappa shape index (κ2) is 5.51. The van der Waals surface area contributed by atoms with Crippen molar-refractivity contribution >= 4 is 6.01 Å². The Morgan fingerprint density at radius 3 is 2.33 bits per heavy atom. The summed E-state index contributed by atoms with van der Waals surface area (Å²) < 4.78 is 0. The van der Waals surface area contributed by atoms with E-state index in [0.717, 1.165) is 19.3 Å². The molecule has 0 saturated carbocycles. The molecule has 0 aromatic rings. The van der Waals surface area contributed by atoms with Gasteiger partial charge in [-0.25, -0.2) is 10.4 Å². The molecule has 66 valence electrons. The van der Waals surface area contributed by atoms with Crippen LogP contribution in [0.15, 0.2) is 4.99 Å². The van der Waals surface area contributed by atoms with E-state index in [-0.39, 0.29) is 5.41 Å². The Morgan fingerprint density at radius 2 is 2.00 bits per heavy atom. The summed E-state index contributed by atoms with van der Waals surface area (Å²) in [6, 6.07) is 4.30. The third-order valence-corrected chi connectivity index (χ3v) is 2.37. The van der Waals surface area contributed by atoms with Crippen molar-refractivity contribution in [2.45, 2.75) is 33.1 Å². The van der Waals surface area contributed by atoms with E-state index in [1.807, 2.05) is 19.9 Å². The van der Waals surface area contributed by atoms with Gasteiger partial charge in [0.15, 0.2) is 0 Å². The van der Waals surface area contributed by atoms with Gasteiger partial charge in [0, 0.05) is 0 Å². The quantitative estimate of drug-likeness (QED) is 0.625. The highest BCUT2D eigenvalue weighted by atomic mass is 14.7. The van der Waals surface area contributed by atoms with Crippen LogP contribution in [0.1, 0.15) is 33.1 Å². The molecule has 0 atom stereocenters. The van der Waals surface area contributed by atoms with Crippen LogP contribution in [0.4, 0.5) is 0 Å². The van der Waals surface area contributed by atoms with Crippen LogP contribution in [0.25, 0.3) is 0 Å². The summed E-state index contributed by atoms with van der Waals surface area (Å²) in [7, 11) is 0. The van der Waals surface area contributed by atoms with E-state index in [1.54, 1.807) is 0 Å². The standard InChI is InChI=1S/C9H15N3/c1-3-9(4-2,7-10)5-6-12-8-11/h11H,3-6H2,1-2H3. The van der Waals surface area contributed by atoms with Gasteiger partial charge in [-0.2, -0.15) is 5.26 Å². The Hall–Kier alpha value is -1.13. The first-order valence-electron chi connectivity index (χ1n) is 4.24. The zero-order chi connectivity index (χ0) is 9.45. The number of nitrogens with zero attached hydrogens (tertiary/aromatic N) is 2. The van der Waals surface area contributed by atoms with Gasteiger partial charge in [0.2, 0.25) is 0 Å². The van der Waals surface area contributed by atoms with Crippen molar-refractivity contribution in [2.75, 3.05) is 6.54 Å². The lowest BCUT2D eigenvalue weighted by atomic mass is 9.81. The van der Waals surface area contributed by atoms with Crippen LogP contribution in [0.5, 0.6) is 0 Å². The van der Waals surface area contributed by atoms with Crippen LogP contribution in [-0.2, 0) is 0 Å². The second-order valence-electron chi connectivity index (χ2n) is 2.84. The van der Waals surface area contributed by atoms with Crippen molar-refractivity contribution in [1.29, 1.82) is 10.7 Å². The molecule has 0 aliphatic carbocycles. The smallest absolute Gasteiger partial charge is 0.0861 e. The fraction of sp³-hybridized carbons (Fsp3) is 0.778. The summed E-state index contributed by atoms with van der Waals surface area (Å²) in [5, 5.41) is 15.5. The minimum Gasteiger partial charge on any atom is -0.242 e. The molecule has 1 N–H and O–H groups in total.